The molecule has 3 aromatic rings. The van der Waals surface area contributed by atoms with Crippen molar-refractivity contribution >= 4 is 37.3 Å². The summed E-state index contributed by atoms with van der Waals surface area (Å²) in [7, 11) is 3.00. The summed E-state index contributed by atoms with van der Waals surface area (Å²) in [4.78, 5) is 4.56. The molecule has 0 N–H and O–H groups in total. The van der Waals surface area contributed by atoms with Crippen molar-refractivity contribution in [3.8, 4) is 11.1 Å². The number of benzene rings is 1. The molecule has 31 heavy (non-hydrogen) atoms. The van der Waals surface area contributed by atoms with E-state index in [0.29, 0.717) is 0 Å². The first-order chi connectivity index (χ1) is 14.9. The van der Waals surface area contributed by atoms with Crippen LogP contribution in [0.1, 0.15) is 50.1 Å². The van der Waals surface area contributed by atoms with Crippen molar-refractivity contribution in [1.82, 2.24) is 14.8 Å². The van der Waals surface area contributed by atoms with E-state index in [1.165, 1.54) is 0 Å². The zero-order valence-electron chi connectivity index (χ0n) is 17.9. The van der Waals surface area contributed by atoms with Gasteiger partial charge in [-0.05, 0) is 73.6 Å². The highest BCUT2D eigenvalue weighted by atomic mass is 35.5. The molecule has 5 rings (SSSR count). The van der Waals surface area contributed by atoms with Gasteiger partial charge in [-0.1, -0.05) is 30.7 Å². The molecule has 1 aromatic carbocycles. The summed E-state index contributed by atoms with van der Waals surface area (Å²) in [5.41, 5.74) is 6.49. The van der Waals surface area contributed by atoms with Gasteiger partial charge in [-0.15, -0.1) is 9.24 Å². The Kier molecular flexibility index (Phi) is 5.50. The first kappa shape index (κ1) is 20.9. The SMILES string of the molecule is Cc1cnc2ccc(-c3cn(C4CCCCO4)nc3C3=CC(Cl)=CCC3(C)P)cc2c1. The normalized spacial score (nSPS) is 24.2. The highest BCUT2D eigenvalue weighted by Crippen LogP contribution is 2.45. The van der Waals surface area contributed by atoms with Crippen LogP contribution in [-0.4, -0.2) is 26.5 Å². The lowest BCUT2D eigenvalue weighted by molar-refractivity contribution is -0.0395. The van der Waals surface area contributed by atoms with E-state index in [2.05, 4.69) is 70.7 Å². The number of halogens is 1. The number of aromatic nitrogens is 3. The number of fused-ring (bicyclic) bond motifs is 1. The van der Waals surface area contributed by atoms with Crippen LogP contribution >= 0.6 is 20.8 Å². The summed E-state index contributed by atoms with van der Waals surface area (Å²) in [5.74, 6) is 0. The molecule has 0 amide bonds. The topological polar surface area (TPSA) is 39.9 Å². The molecule has 4 nitrogen and oxygen atoms in total. The van der Waals surface area contributed by atoms with Crippen LogP contribution < -0.4 is 0 Å². The molecule has 1 fully saturated rings. The maximum absolute atomic E-state index is 6.45. The first-order valence-corrected chi connectivity index (χ1v) is 11.8. The van der Waals surface area contributed by atoms with Gasteiger partial charge >= 0.3 is 0 Å². The van der Waals surface area contributed by atoms with Crippen LogP contribution in [0.15, 0.2) is 53.8 Å². The molecule has 2 aliphatic rings. The lowest BCUT2D eigenvalue weighted by Crippen LogP contribution is -2.21. The smallest absolute Gasteiger partial charge is 0.150 e. The van der Waals surface area contributed by atoms with Crippen LogP contribution in [0, 0.1) is 6.92 Å². The summed E-state index contributed by atoms with van der Waals surface area (Å²) in [6.45, 7) is 5.08. The van der Waals surface area contributed by atoms with Gasteiger partial charge in [0.15, 0.2) is 0 Å². The predicted molar refractivity (Wildman–Crippen MR) is 131 cm³/mol. The average Bonchev–Trinajstić information content (AvgIpc) is 3.20. The van der Waals surface area contributed by atoms with Crippen LogP contribution in [0.25, 0.3) is 27.6 Å². The van der Waals surface area contributed by atoms with E-state index < -0.39 is 0 Å². The van der Waals surface area contributed by atoms with Gasteiger partial charge in [-0.25, -0.2) is 4.68 Å². The summed E-state index contributed by atoms with van der Waals surface area (Å²) in [5, 5.41) is 6.84. The van der Waals surface area contributed by atoms with E-state index in [-0.39, 0.29) is 11.4 Å². The van der Waals surface area contributed by atoms with E-state index in [1.807, 2.05) is 10.9 Å². The summed E-state index contributed by atoms with van der Waals surface area (Å²) in [6, 6.07) is 8.62. The number of aryl methyl sites for hydroxylation is 1. The van der Waals surface area contributed by atoms with E-state index >= 15 is 0 Å². The Morgan fingerprint density at radius 1 is 1.26 bits per heavy atom. The highest BCUT2D eigenvalue weighted by Gasteiger charge is 2.32. The molecule has 0 saturated carbocycles. The fourth-order valence-electron chi connectivity index (χ4n) is 4.41. The van der Waals surface area contributed by atoms with Crippen molar-refractivity contribution in [3.05, 3.63) is 65.1 Å². The molecule has 6 heteroatoms. The number of pyridine rings is 1. The molecular formula is C25H27ClN3OP. The zero-order valence-corrected chi connectivity index (χ0v) is 19.8. The van der Waals surface area contributed by atoms with Crippen molar-refractivity contribution in [3.63, 3.8) is 0 Å². The number of allylic oxidation sites excluding steroid dienone is 4. The molecule has 1 aliphatic heterocycles. The second-order valence-corrected chi connectivity index (χ2v) is 10.6. The Morgan fingerprint density at radius 3 is 2.94 bits per heavy atom. The third-order valence-electron chi connectivity index (χ3n) is 6.19. The van der Waals surface area contributed by atoms with Gasteiger partial charge < -0.3 is 4.74 Å². The second-order valence-electron chi connectivity index (χ2n) is 8.88. The lowest BCUT2D eigenvalue weighted by atomic mass is 9.87. The number of ether oxygens (including phenoxy) is 1. The van der Waals surface area contributed by atoms with Crippen LogP contribution in [0.3, 0.4) is 0 Å². The summed E-state index contributed by atoms with van der Waals surface area (Å²) in [6.07, 6.45) is 12.3. The highest BCUT2D eigenvalue weighted by molar-refractivity contribution is 7.20. The van der Waals surface area contributed by atoms with Crippen molar-refractivity contribution in [2.75, 3.05) is 6.61 Å². The lowest BCUT2D eigenvalue weighted by Gasteiger charge is -2.29. The largest absolute Gasteiger partial charge is 0.357 e. The van der Waals surface area contributed by atoms with Crippen molar-refractivity contribution < 1.29 is 4.74 Å². The Balaban J connectivity index is 1.68. The van der Waals surface area contributed by atoms with Gasteiger partial charge in [0.2, 0.25) is 0 Å². The van der Waals surface area contributed by atoms with E-state index in [0.717, 1.165) is 76.2 Å². The van der Waals surface area contributed by atoms with Crippen LogP contribution in [-0.2, 0) is 4.74 Å². The molecule has 3 atom stereocenters. The number of hydrogen-bond donors (Lipinski definition) is 0. The van der Waals surface area contributed by atoms with Crippen molar-refractivity contribution in [1.29, 1.82) is 0 Å². The molecular weight excluding hydrogens is 425 g/mol. The third kappa shape index (κ3) is 4.09. The van der Waals surface area contributed by atoms with Crippen LogP contribution in [0.4, 0.5) is 0 Å². The fourth-order valence-corrected chi connectivity index (χ4v) is 4.94. The number of rotatable bonds is 3. The third-order valence-corrected chi connectivity index (χ3v) is 7.00. The predicted octanol–water partition coefficient (Wildman–Crippen LogP) is 6.65. The minimum absolute atomic E-state index is 0.0170. The molecule has 1 saturated heterocycles. The zero-order chi connectivity index (χ0) is 21.6. The summed E-state index contributed by atoms with van der Waals surface area (Å²) >= 11 is 6.45. The molecule has 0 bridgehead atoms. The maximum atomic E-state index is 6.45. The van der Waals surface area contributed by atoms with E-state index in [1.54, 1.807) is 0 Å². The van der Waals surface area contributed by atoms with Gasteiger partial charge in [0.1, 0.15) is 6.23 Å². The maximum Gasteiger partial charge on any atom is 0.150 e. The minimum atomic E-state index is -0.130. The van der Waals surface area contributed by atoms with Crippen molar-refractivity contribution in [2.24, 2.45) is 0 Å². The van der Waals surface area contributed by atoms with Crippen molar-refractivity contribution in [2.45, 2.75) is 50.9 Å². The minimum Gasteiger partial charge on any atom is -0.357 e. The monoisotopic (exact) mass is 451 g/mol. The molecule has 1 aliphatic carbocycles. The Labute approximate surface area is 190 Å². The van der Waals surface area contributed by atoms with Crippen LogP contribution in [0.5, 0.6) is 0 Å². The average molecular weight is 452 g/mol. The Hall–Kier alpha value is -2.00. The van der Waals surface area contributed by atoms with Crippen LogP contribution in [0.2, 0.25) is 0 Å². The van der Waals surface area contributed by atoms with Gasteiger partial charge in [0, 0.05) is 40.1 Å². The summed E-state index contributed by atoms with van der Waals surface area (Å²) < 4.78 is 8.05. The van der Waals surface area contributed by atoms with Gasteiger partial charge in [0.25, 0.3) is 0 Å². The van der Waals surface area contributed by atoms with Gasteiger partial charge in [-0.3, -0.25) is 4.98 Å². The quantitative estimate of drug-likeness (QED) is 0.418. The second kappa shape index (κ2) is 8.16. The van der Waals surface area contributed by atoms with E-state index in [4.69, 9.17) is 21.4 Å². The van der Waals surface area contributed by atoms with E-state index in [9.17, 15) is 0 Å². The standard InChI is InChI=1S/C25H27ClN3OP/c1-16-11-18-12-17(6-7-22(18)27-14-16)20-15-29(23-5-3-4-10-30-23)28-24(20)21-13-19(26)8-9-25(21,2)31/h6-8,11-15,23H,3-5,9-10,31H2,1-2H3. The molecule has 0 spiro atoms. The number of nitrogens with zero attached hydrogens (tertiary/aromatic N) is 3. The molecule has 2 aromatic heterocycles. The van der Waals surface area contributed by atoms with Gasteiger partial charge in [-0.2, -0.15) is 5.10 Å². The Morgan fingerprint density at radius 2 is 2.13 bits per heavy atom. The molecule has 3 heterocycles. The fraction of sp³-hybridized carbons (Fsp3) is 0.360. The molecule has 3 unspecified atom stereocenters. The van der Waals surface area contributed by atoms with Gasteiger partial charge in [0.05, 0.1) is 11.2 Å². The Bertz CT molecular complexity index is 1200. The molecule has 0 radical (unpaired) electrons. The molecule has 160 valence electrons. The first-order valence-electron chi connectivity index (χ1n) is 10.9. The number of hydrogen-bond acceptors (Lipinski definition) is 3.